The molecule has 0 radical (unpaired) electrons. The van der Waals surface area contributed by atoms with Crippen molar-refractivity contribution in [1.29, 1.82) is 0 Å². The van der Waals surface area contributed by atoms with E-state index in [1.165, 1.54) is 12.8 Å². The SMILES string of the molecule is CCC1CCCCCN1C(=O)c1ccc(Cl)nn1. The average Bonchev–Trinajstić information content (AvgIpc) is 2.63. The molecule has 0 aromatic carbocycles. The fraction of sp³-hybridized carbons (Fsp3) is 0.615. The first-order valence-corrected chi connectivity index (χ1v) is 6.90. The molecule has 1 aromatic rings. The van der Waals surface area contributed by atoms with Crippen LogP contribution in [-0.2, 0) is 0 Å². The molecule has 0 aliphatic carbocycles. The van der Waals surface area contributed by atoms with Gasteiger partial charge in [0, 0.05) is 12.6 Å². The molecule has 1 aliphatic rings. The van der Waals surface area contributed by atoms with Gasteiger partial charge in [0.1, 0.15) is 0 Å². The Hall–Kier alpha value is -1.16. The number of rotatable bonds is 2. The quantitative estimate of drug-likeness (QED) is 0.828. The van der Waals surface area contributed by atoms with Crippen molar-refractivity contribution in [3.8, 4) is 0 Å². The van der Waals surface area contributed by atoms with E-state index in [4.69, 9.17) is 11.6 Å². The van der Waals surface area contributed by atoms with Gasteiger partial charge in [-0.2, -0.15) is 0 Å². The van der Waals surface area contributed by atoms with E-state index in [1.807, 2.05) is 4.90 Å². The minimum atomic E-state index is -0.0204. The highest BCUT2D eigenvalue weighted by molar-refractivity contribution is 6.29. The van der Waals surface area contributed by atoms with Crippen molar-refractivity contribution in [2.24, 2.45) is 0 Å². The maximum Gasteiger partial charge on any atom is 0.274 e. The number of carbonyl (C=O) groups is 1. The molecule has 1 fully saturated rings. The summed E-state index contributed by atoms with van der Waals surface area (Å²) >= 11 is 5.69. The number of aromatic nitrogens is 2. The second-order valence-corrected chi connectivity index (χ2v) is 5.04. The number of hydrogen-bond donors (Lipinski definition) is 0. The molecular weight excluding hydrogens is 250 g/mol. The first kappa shape index (κ1) is 13.3. The number of carbonyl (C=O) groups excluding carboxylic acids is 1. The summed E-state index contributed by atoms with van der Waals surface area (Å²) in [6, 6.07) is 3.59. The molecule has 0 saturated carbocycles. The lowest BCUT2D eigenvalue weighted by Crippen LogP contribution is -2.40. The molecule has 1 aromatic heterocycles. The molecule has 0 N–H and O–H groups in total. The van der Waals surface area contributed by atoms with Gasteiger partial charge in [-0.1, -0.05) is 31.4 Å². The van der Waals surface area contributed by atoms with E-state index in [-0.39, 0.29) is 5.91 Å². The third kappa shape index (κ3) is 2.99. The van der Waals surface area contributed by atoms with E-state index >= 15 is 0 Å². The lowest BCUT2D eigenvalue weighted by atomic mass is 10.1. The summed E-state index contributed by atoms with van der Waals surface area (Å²) in [5.74, 6) is -0.0204. The van der Waals surface area contributed by atoms with Gasteiger partial charge in [0.15, 0.2) is 10.8 Å². The molecule has 5 heteroatoms. The largest absolute Gasteiger partial charge is 0.334 e. The Labute approximate surface area is 112 Å². The van der Waals surface area contributed by atoms with Gasteiger partial charge in [-0.05, 0) is 31.4 Å². The zero-order valence-electron chi connectivity index (χ0n) is 10.6. The Kier molecular flexibility index (Phi) is 4.53. The average molecular weight is 268 g/mol. The van der Waals surface area contributed by atoms with Crippen LogP contribution in [0.3, 0.4) is 0 Å². The van der Waals surface area contributed by atoms with Crippen molar-refractivity contribution in [2.75, 3.05) is 6.54 Å². The van der Waals surface area contributed by atoms with Crippen LogP contribution in [-0.4, -0.2) is 33.6 Å². The molecule has 2 heterocycles. The van der Waals surface area contributed by atoms with Gasteiger partial charge < -0.3 is 4.90 Å². The van der Waals surface area contributed by atoms with Crippen LogP contribution < -0.4 is 0 Å². The molecule has 1 aliphatic heterocycles. The number of halogens is 1. The molecule has 2 rings (SSSR count). The number of nitrogens with zero attached hydrogens (tertiary/aromatic N) is 3. The Bertz CT molecular complexity index is 407. The summed E-state index contributed by atoms with van der Waals surface area (Å²) in [6.45, 7) is 2.95. The van der Waals surface area contributed by atoms with Gasteiger partial charge in [0.25, 0.3) is 5.91 Å². The van der Waals surface area contributed by atoms with Gasteiger partial charge in [0.05, 0.1) is 0 Å². The van der Waals surface area contributed by atoms with Crippen molar-refractivity contribution < 1.29 is 4.79 Å². The van der Waals surface area contributed by atoms with Gasteiger partial charge >= 0.3 is 0 Å². The van der Waals surface area contributed by atoms with Crippen molar-refractivity contribution in [1.82, 2.24) is 15.1 Å². The highest BCUT2D eigenvalue weighted by Crippen LogP contribution is 2.20. The van der Waals surface area contributed by atoms with Crippen LogP contribution in [0, 0.1) is 0 Å². The van der Waals surface area contributed by atoms with E-state index < -0.39 is 0 Å². The molecular formula is C13H18ClN3O. The normalized spacial score (nSPS) is 20.6. The zero-order valence-corrected chi connectivity index (χ0v) is 11.4. The lowest BCUT2D eigenvalue weighted by molar-refractivity contribution is 0.0671. The summed E-state index contributed by atoms with van der Waals surface area (Å²) in [5, 5.41) is 7.93. The highest BCUT2D eigenvalue weighted by atomic mass is 35.5. The summed E-state index contributed by atoms with van der Waals surface area (Å²) in [5.41, 5.74) is 0.389. The topological polar surface area (TPSA) is 46.1 Å². The number of amides is 1. The summed E-state index contributed by atoms with van der Waals surface area (Å²) in [6.07, 6.45) is 5.56. The van der Waals surface area contributed by atoms with Crippen LogP contribution in [0.2, 0.25) is 5.15 Å². The van der Waals surface area contributed by atoms with Gasteiger partial charge in [-0.25, -0.2) is 0 Å². The Morgan fingerprint density at radius 1 is 1.39 bits per heavy atom. The molecule has 1 unspecified atom stereocenters. The van der Waals surface area contributed by atoms with Gasteiger partial charge in [-0.15, -0.1) is 10.2 Å². The fourth-order valence-electron chi connectivity index (χ4n) is 2.45. The summed E-state index contributed by atoms with van der Waals surface area (Å²) in [4.78, 5) is 14.4. The van der Waals surface area contributed by atoms with E-state index in [0.717, 1.165) is 25.8 Å². The second kappa shape index (κ2) is 6.14. The monoisotopic (exact) mass is 267 g/mol. The Morgan fingerprint density at radius 2 is 2.22 bits per heavy atom. The summed E-state index contributed by atoms with van der Waals surface area (Å²) in [7, 11) is 0. The molecule has 18 heavy (non-hydrogen) atoms. The predicted octanol–water partition coefficient (Wildman–Crippen LogP) is 2.92. The highest BCUT2D eigenvalue weighted by Gasteiger charge is 2.25. The molecule has 4 nitrogen and oxygen atoms in total. The summed E-state index contributed by atoms with van der Waals surface area (Å²) < 4.78 is 0. The molecule has 1 atom stereocenters. The lowest BCUT2D eigenvalue weighted by Gasteiger charge is -2.28. The smallest absolute Gasteiger partial charge is 0.274 e. The van der Waals surface area contributed by atoms with Crippen molar-refractivity contribution in [3.63, 3.8) is 0 Å². The third-order valence-corrected chi connectivity index (χ3v) is 3.66. The standard InChI is InChI=1S/C13H18ClN3O/c1-2-10-6-4-3-5-9-17(10)13(18)11-7-8-12(14)16-15-11/h7-8,10H,2-6,9H2,1H3. The van der Waals surface area contributed by atoms with Crippen LogP contribution >= 0.6 is 11.6 Å². The van der Waals surface area contributed by atoms with E-state index in [9.17, 15) is 4.79 Å². The minimum absolute atomic E-state index is 0.0204. The Morgan fingerprint density at radius 3 is 2.89 bits per heavy atom. The maximum absolute atomic E-state index is 12.4. The number of likely N-dealkylation sites (tertiary alicyclic amines) is 1. The third-order valence-electron chi connectivity index (χ3n) is 3.46. The fourth-order valence-corrected chi connectivity index (χ4v) is 2.55. The van der Waals surface area contributed by atoms with Crippen LogP contribution in [0.1, 0.15) is 49.5 Å². The van der Waals surface area contributed by atoms with Gasteiger partial charge in [0.2, 0.25) is 0 Å². The number of hydrogen-bond acceptors (Lipinski definition) is 3. The first-order chi connectivity index (χ1) is 8.72. The van der Waals surface area contributed by atoms with Crippen LogP contribution in [0.25, 0.3) is 0 Å². The van der Waals surface area contributed by atoms with E-state index in [2.05, 4.69) is 17.1 Å². The second-order valence-electron chi connectivity index (χ2n) is 4.65. The van der Waals surface area contributed by atoms with Crippen LogP contribution in [0.5, 0.6) is 0 Å². The molecule has 1 amide bonds. The van der Waals surface area contributed by atoms with Crippen molar-refractivity contribution in [2.45, 2.75) is 45.1 Å². The van der Waals surface area contributed by atoms with Crippen molar-refractivity contribution >= 4 is 17.5 Å². The zero-order chi connectivity index (χ0) is 13.0. The van der Waals surface area contributed by atoms with E-state index in [0.29, 0.717) is 16.9 Å². The molecule has 98 valence electrons. The maximum atomic E-state index is 12.4. The first-order valence-electron chi connectivity index (χ1n) is 6.52. The predicted molar refractivity (Wildman–Crippen MR) is 70.6 cm³/mol. The van der Waals surface area contributed by atoms with Crippen LogP contribution in [0.15, 0.2) is 12.1 Å². The van der Waals surface area contributed by atoms with Gasteiger partial charge in [-0.3, -0.25) is 4.79 Å². The molecule has 1 saturated heterocycles. The van der Waals surface area contributed by atoms with Crippen LogP contribution in [0.4, 0.5) is 0 Å². The minimum Gasteiger partial charge on any atom is -0.334 e. The molecule has 0 bridgehead atoms. The molecule has 0 spiro atoms. The van der Waals surface area contributed by atoms with E-state index in [1.54, 1.807) is 12.1 Å². The Balaban J connectivity index is 2.17. The van der Waals surface area contributed by atoms with Crippen molar-refractivity contribution in [3.05, 3.63) is 23.0 Å².